The standard InChI is InChI=1S/C22H21NO2/c1-25-20-12-7-10-18(15-20)16-23-22(24)21-13-6-5-11-19(21)14-17-8-3-2-4-9-17/h2-13,15H,14,16H2,1H3,(H,23,24). The van der Waals surface area contributed by atoms with E-state index in [1.54, 1.807) is 7.11 Å². The van der Waals surface area contributed by atoms with Crippen molar-refractivity contribution >= 4 is 5.91 Å². The molecule has 0 bridgehead atoms. The molecule has 0 saturated heterocycles. The molecule has 3 nitrogen and oxygen atoms in total. The Kier molecular flexibility index (Phi) is 5.47. The van der Waals surface area contributed by atoms with Gasteiger partial charge in [-0.3, -0.25) is 4.79 Å². The largest absolute Gasteiger partial charge is 0.497 e. The molecule has 0 aliphatic carbocycles. The first-order chi connectivity index (χ1) is 12.3. The van der Waals surface area contributed by atoms with Gasteiger partial charge in [-0.2, -0.15) is 0 Å². The van der Waals surface area contributed by atoms with E-state index in [2.05, 4.69) is 17.4 Å². The molecular weight excluding hydrogens is 310 g/mol. The highest BCUT2D eigenvalue weighted by molar-refractivity contribution is 5.95. The lowest BCUT2D eigenvalue weighted by Crippen LogP contribution is -2.24. The molecule has 3 rings (SSSR count). The fourth-order valence-electron chi connectivity index (χ4n) is 2.77. The summed E-state index contributed by atoms with van der Waals surface area (Å²) in [4.78, 5) is 12.6. The first-order valence-electron chi connectivity index (χ1n) is 8.29. The van der Waals surface area contributed by atoms with Crippen LogP contribution in [0.5, 0.6) is 5.75 Å². The number of hydrogen-bond donors (Lipinski definition) is 1. The summed E-state index contributed by atoms with van der Waals surface area (Å²) in [5, 5.41) is 3.00. The van der Waals surface area contributed by atoms with Gasteiger partial charge in [0.2, 0.25) is 0 Å². The SMILES string of the molecule is COc1cccc(CNC(=O)c2ccccc2Cc2ccccc2)c1. The molecule has 0 fully saturated rings. The van der Waals surface area contributed by atoms with E-state index in [-0.39, 0.29) is 5.91 Å². The summed E-state index contributed by atoms with van der Waals surface area (Å²) in [6.07, 6.45) is 0.740. The maximum atomic E-state index is 12.6. The van der Waals surface area contributed by atoms with Crippen LogP contribution in [0.4, 0.5) is 0 Å². The molecule has 0 saturated carbocycles. The Bertz CT molecular complexity index is 843. The minimum absolute atomic E-state index is 0.0608. The highest BCUT2D eigenvalue weighted by Crippen LogP contribution is 2.16. The zero-order chi connectivity index (χ0) is 17.5. The van der Waals surface area contributed by atoms with Gasteiger partial charge in [-0.25, -0.2) is 0 Å². The number of hydrogen-bond acceptors (Lipinski definition) is 2. The van der Waals surface area contributed by atoms with Crippen molar-refractivity contribution in [3.05, 3.63) is 101 Å². The van der Waals surface area contributed by atoms with Gasteiger partial charge in [0, 0.05) is 12.1 Å². The molecule has 0 heterocycles. The molecule has 0 radical (unpaired) electrons. The van der Waals surface area contributed by atoms with E-state index in [4.69, 9.17) is 4.74 Å². The Morgan fingerprint density at radius 3 is 2.40 bits per heavy atom. The van der Waals surface area contributed by atoms with Crippen LogP contribution in [0.2, 0.25) is 0 Å². The highest BCUT2D eigenvalue weighted by Gasteiger charge is 2.11. The molecule has 0 unspecified atom stereocenters. The molecule has 1 amide bonds. The monoisotopic (exact) mass is 331 g/mol. The van der Waals surface area contributed by atoms with Gasteiger partial charge in [0.25, 0.3) is 5.91 Å². The van der Waals surface area contributed by atoms with Gasteiger partial charge >= 0.3 is 0 Å². The zero-order valence-corrected chi connectivity index (χ0v) is 14.2. The van der Waals surface area contributed by atoms with Crippen LogP contribution >= 0.6 is 0 Å². The summed E-state index contributed by atoms with van der Waals surface area (Å²) in [6.45, 7) is 0.468. The second-order valence-corrected chi connectivity index (χ2v) is 5.85. The average molecular weight is 331 g/mol. The van der Waals surface area contributed by atoms with E-state index in [0.717, 1.165) is 23.3 Å². The fraction of sp³-hybridized carbons (Fsp3) is 0.136. The van der Waals surface area contributed by atoms with Gasteiger partial charge in [0.1, 0.15) is 5.75 Å². The van der Waals surface area contributed by atoms with Gasteiger partial charge in [-0.15, -0.1) is 0 Å². The molecule has 1 N–H and O–H groups in total. The summed E-state index contributed by atoms with van der Waals surface area (Å²) >= 11 is 0. The second kappa shape index (κ2) is 8.15. The number of rotatable bonds is 6. The lowest BCUT2D eigenvalue weighted by molar-refractivity contribution is 0.0950. The van der Waals surface area contributed by atoms with Crippen LogP contribution in [0.3, 0.4) is 0 Å². The molecule has 3 aromatic rings. The lowest BCUT2D eigenvalue weighted by Gasteiger charge is -2.11. The van der Waals surface area contributed by atoms with Crippen molar-refractivity contribution in [1.29, 1.82) is 0 Å². The summed E-state index contributed by atoms with van der Waals surface area (Å²) in [7, 11) is 1.64. The first-order valence-corrected chi connectivity index (χ1v) is 8.29. The van der Waals surface area contributed by atoms with Crippen molar-refractivity contribution in [3.8, 4) is 5.75 Å². The van der Waals surface area contributed by atoms with E-state index < -0.39 is 0 Å². The van der Waals surface area contributed by atoms with Crippen LogP contribution in [0, 0.1) is 0 Å². The Hall–Kier alpha value is -3.07. The van der Waals surface area contributed by atoms with E-state index in [9.17, 15) is 4.79 Å². The van der Waals surface area contributed by atoms with Crippen molar-refractivity contribution in [2.45, 2.75) is 13.0 Å². The summed E-state index contributed by atoms with van der Waals surface area (Å²) in [5.41, 5.74) is 3.94. The van der Waals surface area contributed by atoms with Gasteiger partial charge in [0.05, 0.1) is 7.11 Å². The predicted molar refractivity (Wildman–Crippen MR) is 99.9 cm³/mol. The zero-order valence-electron chi connectivity index (χ0n) is 14.2. The third-order valence-electron chi connectivity index (χ3n) is 4.09. The predicted octanol–water partition coefficient (Wildman–Crippen LogP) is 4.22. The maximum Gasteiger partial charge on any atom is 0.251 e. The fourth-order valence-corrected chi connectivity index (χ4v) is 2.77. The van der Waals surface area contributed by atoms with Gasteiger partial charge < -0.3 is 10.1 Å². The number of carbonyl (C=O) groups is 1. The van der Waals surface area contributed by atoms with Crippen LogP contribution in [0.1, 0.15) is 27.0 Å². The minimum Gasteiger partial charge on any atom is -0.497 e. The Labute approximate surface area is 148 Å². The van der Waals surface area contributed by atoms with E-state index >= 15 is 0 Å². The molecule has 0 atom stereocenters. The molecule has 0 aliphatic heterocycles. The van der Waals surface area contributed by atoms with Crippen LogP contribution in [0.25, 0.3) is 0 Å². The molecule has 25 heavy (non-hydrogen) atoms. The van der Waals surface area contributed by atoms with Gasteiger partial charge in [-0.1, -0.05) is 60.7 Å². The number of carbonyl (C=O) groups excluding carboxylic acids is 1. The minimum atomic E-state index is -0.0608. The molecule has 0 aliphatic rings. The van der Waals surface area contributed by atoms with Crippen molar-refractivity contribution in [2.75, 3.05) is 7.11 Å². The molecule has 3 heteroatoms. The van der Waals surface area contributed by atoms with Crippen LogP contribution in [-0.4, -0.2) is 13.0 Å². The molecule has 3 aromatic carbocycles. The Morgan fingerprint density at radius 1 is 0.880 bits per heavy atom. The van der Waals surface area contributed by atoms with E-state index in [1.807, 2.05) is 66.7 Å². The van der Waals surface area contributed by atoms with Crippen molar-refractivity contribution in [3.63, 3.8) is 0 Å². The van der Waals surface area contributed by atoms with Gasteiger partial charge in [0.15, 0.2) is 0 Å². The van der Waals surface area contributed by atoms with Gasteiger partial charge in [-0.05, 0) is 41.3 Å². The molecular formula is C22H21NO2. The smallest absolute Gasteiger partial charge is 0.251 e. The number of amides is 1. The topological polar surface area (TPSA) is 38.3 Å². The third-order valence-corrected chi connectivity index (χ3v) is 4.09. The van der Waals surface area contributed by atoms with Crippen molar-refractivity contribution < 1.29 is 9.53 Å². The Morgan fingerprint density at radius 2 is 1.60 bits per heavy atom. The summed E-state index contributed by atoms with van der Waals surface area (Å²) < 4.78 is 5.22. The number of nitrogens with one attached hydrogen (secondary N) is 1. The normalized spacial score (nSPS) is 10.3. The van der Waals surface area contributed by atoms with Crippen LogP contribution in [-0.2, 0) is 13.0 Å². The highest BCUT2D eigenvalue weighted by atomic mass is 16.5. The number of ether oxygens (including phenoxy) is 1. The first kappa shape index (κ1) is 16.8. The van der Waals surface area contributed by atoms with E-state index in [1.165, 1.54) is 5.56 Å². The van der Waals surface area contributed by atoms with Crippen molar-refractivity contribution in [2.24, 2.45) is 0 Å². The lowest BCUT2D eigenvalue weighted by atomic mass is 9.99. The molecule has 126 valence electrons. The van der Waals surface area contributed by atoms with Crippen LogP contribution in [0.15, 0.2) is 78.9 Å². The van der Waals surface area contributed by atoms with Crippen molar-refractivity contribution in [1.82, 2.24) is 5.32 Å². The molecule has 0 spiro atoms. The third kappa shape index (κ3) is 4.48. The number of benzene rings is 3. The quantitative estimate of drug-likeness (QED) is 0.734. The number of methoxy groups -OCH3 is 1. The van der Waals surface area contributed by atoms with Crippen LogP contribution < -0.4 is 10.1 Å². The van der Waals surface area contributed by atoms with E-state index in [0.29, 0.717) is 12.1 Å². The summed E-state index contributed by atoms with van der Waals surface area (Å²) in [6, 6.07) is 25.6. The molecule has 0 aromatic heterocycles. The second-order valence-electron chi connectivity index (χ2n) is 5.85. The Balaban J connectivity index is 1.71. The average Bonchev–Trinajstić information content (AvgIpc) is 2.67. The summed E-state index contributed by atoms with van der Waals surface area (Å²) in [5.74, 6) is 0.727. The maximum absolute atomic E-state index is 12.6.